The summed E-state index contributed by atoms with van der Waals surface area (Å²) in [5.41, 5.74) is 0.549. The van der Waals surface area contributed by atoms with E-state index in [1.807, 2.05) is 11.0 Å². The Bertz CT molecular complexity index is 462. The number of amides is 1. The Hall–Kier alpha value is -0.940. The summed E-state index contributed by atoms with van der Waals surface area (Å²) in [6.07, 6.45) is 5.50. The highest BCUT2D eigenvalue weighted by atomic mass is 79.9. The second-order valence-electron chi connectivity index (χ2n) is 5.30. The van der Waals surface area contributed by atoms with Crippen LogP contribution in [0.5, 0.6) is 0 Å². The van der Waals surface area contributed by atoms with Gasteiger partial charge >= 0.3 is 0 Å². The van der Waals surface area contributed by atoms with Crippen LogP contribution in [0.25, 0.3) is 0 Å². The third kappa shape index (κ3) is 2.82. The first kappa shape index (κ1) is 13.1. The van der Waals surface area contributed by atoms with Crippen molar-refractivity contribution in [1.29, 1.82) is 0 Å². The molecule has 5 heteroatoms. The molecular formula is C14H18BrN3O. The zero-order valence-corrected chi connectivity index (χ0v) is 12.5. The van der Waals surface area contributed by atoms with E-state index in [9.17, 15) is 4.79 Å². The van der Waals surface area contributed by atoms with Crippen LogP contribution in [0.3, 0.4) is 0 Å². The Balaban J connectivity index is 1.69. The van der Waals surface area contributed by atoms with Crippen LogP contribution in [-0.4, -0.2) is 52.9 Å². The number of piperazine rings is 1. The molecule has 0 saturated carbocycles. The number of fused-ring (bicyclic) bond motifs is 1. The van der Waals surface area contributed by atoms with Crippen LogP contribution >= 0.6 is 15.9 Å². The van der Waals surface area contributed by atoms with Crippen molar-refractivity contribution in [3.05, 3.63) is 28.5 Å². The highest BCUT2D eigenvalue weighted by molar-refractivity contribution is 9.10. The van der Waals surface area contributed by atoms with Crippen LogP contribution in [0.2, 0.25) is 0 Å². The van der Waals surface area contributed by atoms with Crippen molar-refractivity contribution in [2.45, 2.75) is 25.3 Å². The van der Waals surface area contributed by atoms with Crippen molar-refractivity contribution >= 4 is 21.8 Å². The second-order valence-corrected chi connectivity index (χ2v) is 6.21. The van der Waals surface area contributed by atoms with Crippen LogP contribution in [0.15, 0.2) is 22.8 Å². The zero-order valence-electron chi connectivity index (χ0n) is 10.9. The van der Waals surface area contributed by atoms with E-state index in [1.54, 1.807) is 12.3 Å². The molecule has 0 aliphatic carbocycles. The maximum absolute atomic E-state index is 12.4. The Labute approximate surface area is 121 Å². The van der Waals surface area contributed by atoms with Gasteiger partial charge in [0.1, 0.15) is 5.69 Å². The molecule has 1 unspecified atom stereocenters. The number of hydrogen-bond donors (Lipinski definition) is 0. The summed E-state index contributed by atoms with van der Waals surface area (Å²) >= 11 is 3.34. The first-order valence-corrected chi connectivity index (χ1v) is 7.68. The number of aromatic nitrogens is 1. The van der Waals surface area contributed by atoms with E-state index in [-0.39, 0.29) is 5.91 Å². The average molecular weight is 324 g/mol. The van der Waals surface area contributed by atoms with Gasteiger partial charge in [-0.1, -0.05) is 6.42 Å². The molecule has 1 amide bonds. The lowest BCUT2D eigenvalue weighted by atomic mass is 9.99. The highest BCUT2D eigenvalue weighted by Crippen LogP contribution is 2.22. The van der Waals surface area contributed by atoms with Crippen molar-refractivity contribution in [3.8, 4) is 0 Å². The van der Waals surface area contributed by atoms with Crippen molar-refractivity contribution in [1.82, 2.24) is 14.8 Å². The number of carbonyl (C=O) groups excluding carboxylic acids is 1. The number of rotatable bonds is 1. The summed E-state index contributed by atoms with van der Waals surface area (Å²) in [7, 11) is 0. The molecule has 3 heterocycles. The van der Waals surface area contributed by atoms with E-state index in [2.05, 4.69) is 25.8 Å². The van der Waals surface area contributed by atoms with E-state index in [1.165, 1.54) is 25.8 Å². The standard InChI is InChI=1S/C14H18BrN3O/c15-11-4-5-13(16-9-11)14(19)18-8-7-17-6-2-1-3-12(17)10-18/h4-5,9,12H,1-3,6-8,10H2. The monoisotopic (exact) mass is 323 g/mol. The number of piperidine rings is 1. The Morgan fingerprint density at radius 1 is 1.26 bits per heavy atom. The Morgan fingerprint density at radius 2 is 2.16 bits per heavy atom. The summed E-state index contributed by atoms with van der Waals surface area (Å²) in [6, 6.07) is 4.22. The van der Waals surface area contributed by atoms with E-state index >= 15 is 0 Å². The SMILES string of the molecule is O=C(c1ccc(Br)cn1)N1CCN2CCCCC2C1. The lowest BCUT2D eigenvalue weighted by molar-refractivity contribution is 0.0368. The van der Waals surface area contributed by atoms with Crippen LogP contribution in [0, 0.1) is 0 Å². The van der Waals surface area contributed by atoms with Gasteiger partial charge in [0.25, 0.3) is 5.91 Å². The lowest BCUT2D eigenvalue weighted by Crippen LogP contribution is -2.56. The maximum atomic E-state index is 12.4. The van der Waals surface area contributed by atoms with Gasteiger partial charge in [-0.2, -0.15) is 0 Å². The molecule has 102 valence electrons. The molecule has 0 spiro atoms. The minimum atomic E-state index is 0.0673. The van der Waals surface area contributed by atoms with Gasteiger partial charge in [-0.15, -0.1) is 0 Å². The van der Waals surface area contributed by atoms with E-state index < -0.39 is 0 Å². The summed E-state index contributed by atoms with van der Waals surface area (Å²) in [5.74, 6) is 0.0673. The Kier molecular flexibility index (Phi) is 3.84. The molecule has 1 atom stereocenters. The summed E-state index contributed by atoms with van der Waals surface area (Å²) in [5, 5.41) is 0. The molecule has 2 aliphatic heterocycles. The summed E-state index contributed by atoms with van der Waals surface area (Å²) in [4.78, 5) is 21.1. The minimum Gasteiger partial charge on any atom is -0.334 e. The van der Waals surface area contributed by atoms with Gasteiger partial charge < -0.3 is 4.90 Å². The van der Waals surface area contributed by atoms with Gasteiger partial charge in [0.2, 0.25) is 0 Å². The summed E-state index contributed by atoms with van der Waals surface area (Å²) in [6.45, 7) is 3.89. The number of nitrogens with zero attached hydrogens (tertiary/aromatic N) is 3. The highest BCUT2D eigenvalue weighted by Gasteiger charge is 2.31. The van der Waals surface area contributed by atoms with Crippen LogP contribution in [-0.2, 0) is 0 Å². The smallest absolute Gasteiger partial charge is 0.272 e. The molecule has 1 aromatic heterocycles. The number of hydrogen-bond acceptors (Lipinski definition) is 3. The summed E-state index contributed by atoms with van der Waals surface area (Å²) < 4.78 is 0.904. The molecule has 0 radical (unpaired) electrons. The first-order chi connectivity index (χ1) is 9.24. The van der Waals surface area contributed by atoms with E-state index in [0.29, 0.717) is 11.7 Å². The minimum absolute atomic E-state index is 0.0673. The largest absolute Gasteiger partial charge is 0.334 e. The lowest BCUT2D eigenvalue weighted by Gasteiger charge is -2.43. The van der Waals surface area contributed by atoms with Crippen molar-refractivity contribution < 1.29 is 4.79 Å². The van der Waals surface area contributed by atoms with Crippen LogP contribution < -0.4 is 0 Å². The number of halogens is 1. The third-order valence-electron chi connectivity index (χ3n) is 4.07. The number of pyridine rings is 1. The normalized spacial score (nSPS) is 24.1. The van der Waals surface area contributed by atoms with Gasteiger partial charge in [-0.3, -0.25) is 9.69 Å². The molecule has 0 bridgehead atoms. The molecule has 2 aliphatic rings. The molecule has 0 aromatic carbocycles. The fourth-order valence-corrected chi connectivity index (χ4v) is 3.24. The third-order valence-corrected chi connectivity index (χ3v) is 4.54. The van der Waals surface area contributed by atoms with Crippen molar-refractivity contribution in [2.24, 2.45) is 0 Å². The van der Waals surface area contributed by atoms with E-state index in [0.717, 1.165) is 24.1 Å². The van der Waals surface area contributed by atoms with Gasteiger partial charge in [0.05, 0.1) is 0 Å². The second kappa shape index (κ2) is 5.59. The average Bonchev–Trinajstić information content (AvgIpc) is 2.47. The molecule has 4 nitrogen and oxygen atoms in total. The van der Waals surface area contributed by atoms with Crippen molar-refractivity contribution in [3.63, 3.8) is 0 Å². The van der Waals surface area contributed by atoms with Gasteiger partial charge in [0.15, 0.2) is 0 Å². The van der Waals surface area contributed by atoms with Crippen molar-refractivity contribution in [2.75, 3.05) is 26.2 Å². The predicted molar refractivity (Wildman–Crippen MR) is 77.1 cm³/mol. The number of carbonyl (C=O) groups is 1. The molecule has 3 rings (SSSR count). The Morgan fingerprint density at radius 3 is 2.95 bits per heavy atom. The quantitative estimate of drug-likeness (QED) is 0.794. The van der Waals surface area contributed by atoms with E-state index in [4.69, 9.17) is 0 Å². The van der Waals surface area contributed by atoms with Gasteiger partial charge in [-0.25, -0.2) is 4.98 Å². The van der Waals surface area contributed by atoms with Crippen LogP contribution in [0.4, 0.5) is 0 Å². The molecule has 1 aromatic rings. The topological polar surface area (TPSA) is 36.4 Å². The van der Waals surface area contributed by atoms with Gasteiger partial charge in [-0.05, 0) is 47.4 Å². The fraction of sp³-hybridized carbons (Fsp3) is 0.571. The molecular weight excluding hydrogens is 306 g/mol. The zero-order chi connectivity index (χ0) is 13.2. The molecule has 2 fully saturated rings. The van der Waals surface area contributed by atoms with Crippen LogP contribution in [0.1, 0.15) is 29.8 Å². The maximum Gasteiger partial charge on any atom is 0.272 e. The predicted octanol–water partition coefficient (Wildman–Crippen LogP) is 2.15. The molecule has 2 saturated heterocycles. The molecule has 0 N–H and O–H groups in total. The molecule has 19 heavy (non-hydrogen) atoms. The fourth-order valence-electron chi connectivity index (χ4n) is 3.00. The van der Waals surface area contributed by atoms with Gasteiger partial charge in [0, 0.05) is 36.3 Å². The first-order valence-electron chi connectivity index (χ1n) is 6.89.